The van der Waals surface area contributed by atoms with Crippen molar-refractivity contribution >= 4 is 23.2 Å². The number of carbonyl (C=O) groups is 1. The Balaban J connectivity index is 1.71. The third kappa shape index (κ3) is 4.84. The van der Waals surface area contributed by atoms with Crippen LogP contribution < -0.4 is 20.3 Å². The van der Waals surface area contributed by atoms with Gasteiger partial charge < -0.3 is 15.4 Å². The summed E-state index contributed by atoms with van der Waals surface area (Å²) in [5.74, 6) is 0.604. The van der Waals surface area contributed by atoms with E-state index in [2.05, 4.69) is 20.6 Å². The van der Waals surface area contributed by atoms with E-state index in [-0.39, 0.29) is 35.6 Å². The molecule has 0 bridgehead atoms. The van der Waals surface area contributed by atoms with Crippen molar-refractivity contribution in [2.24, 2.45) is 0 Å². The molecule has 0 radical (unpaired) electrons. The molecule has 2 aromatic rings. The maximum absolute atomic E-state index is 12.0. The first-order valence-corrected chi connectivity index (χ1v) is 8.93. The van der Waals surface area contributed by atoms with Crippen molar-refractivity contribution in [3.63, 3.8) is 0 Å². The maximum Gasteiger partial charge on any atom is 0.329 e. The first kappa shape index (κ1) is 19.3. The molecule has 0 saturated heterocycles. The molecule has 148 valence electrons. The Morgan fingerprint density at radius 3 is 2.57 bits per heavy atom. The van der Waals surface area contributed by atoms with Gasteiger partial charge in [-0.1, -0.05) is 0 Å². The Morgan fingerprint density at radius 1 is 1.32 bits per heavy atom. The molecule has 0 aliphatic heterocycles. The van der Waals surface area contributed by atoms with Crippen LogP contribution in [-0.2, 0) is 0 Å². The number of hydrogen-bond acceptors (Lipinski definition) is 7. The average Bonchev–Trinajstić information content (AvgIpc) is 3.45. The van der Waals surface area contributed by atoms with E-state index < -0.39 is 4.92 Å². The molecule has 1 aromatic heterocycles. The number of urea groups is 1. The summed E-state index contributed by atoms with van der Waals surface area (Å²) in [6, 6.07) is 6.84. The summed E-state index contributed by atoms with van der Waals surface area (Å²) >= 11 is 0. The van der Waals surface area contributed by atoms with E-state index >= 15 is 0 Å². The Labute approximate surface area is 162 Å². The molecule has 10 nitrogen and oxygen atoms in total. The largest absolute Gasteiger partial charge is 0.424 e. The number of anilines is 2. The number of nitro groups is 1. The minimum Gasteiger partial charge on any atom is -0.424 e. The van der Waals surface area contributed by atoms with Crippen molar-refractivity contribution in [3.8, 4) is 11.8 Å². The second-order valence-corrected chi connectivity index (χ2v) is 6.82. The Bertz CT molecular complexity index is 867. The fraction of sp³-hybridized carbons (Fsp3) is 0.389. The van der Waals surface area contributed by atoms with Gasteiger partial charge in [-0.3, -0.25) is 15.0 Å². The van der Waals surface area contributed by atoms with Crippen molar-refractivity contribution in [1.29, 1.82) is 0 Å². The smallest absolute Gasteiger partial charge is 0.329 e. The van der Waals surface area contributed by atoms with E-state index in [1.165, 1.54) is 4.90 Å². The van der Waals surface area contributed by atoms with Gasteiger partial charge in [0.05, 0.1) is 4.92 Å². The zero-order valence-electron chi connectivity index (χ0n) is 15.9. The van der Waals surface area contributed by atoms with Crippen molar-refractivity contribution in [2.45, 2.75) is 38.8 Å². The molecule has 2 amide bonds. The van der Waals surface area contributed by atoms with Crippen LogP contribution >= 0.6 is 0 Å². The van der Waals surface area contributed by atoms with Gasteiger partial charge in [-0.05, 0) is 51.0 Å². The molecule has 1 aromatic carbocycles. The van der Waals surface area contributed by atoms with Crippen molar-refractivity contribution in [2.75, 3.05) is 17.3 Å². The Kier molecular flexibility index (Phi) is 5.57. The lowest BCUT2D eigenvalue weighted by atomic mass is 10.3. The summed E-state index contributed by atoms with van der Waals surface area (Å²) in [5.41, 5.74) is 0.499. The zero-order chi connectivity index (χ0) is 20.3. The number of hydrogen-bond donors (Lipinski definition) is 2. The molecule has 0 unspecified atom stereocenters. The van der Waals surface area contributed by atoms with E-state index in [0.717, 1.165) is 19.0 Å². The SMILES string of the molecule is CC(C)NC(=O)N(C)c1ccc(Oc2ncc([N+](=O)[O-])c(NC3CC3)n2)cc1. The summed E-state index contributed by atoms with van der Waals surface area (Å²) in [7, 11) is 1.67. The van der Waals surface area contributed by atoms with Crippen molar-refractivity contribution in [1.82, 2.24) is 15.3 Å². The minimum atomic E-state index is -0.526. The molecule has 1 aliphatic rings. The van der Waals surface area contributed by atoms with Crippen LogP contribution in [0.2, 0.25) is 0 Å². The highest BCUT2D eigenvalue weighted by Gasteiger charge is 2.27. The van der Waals surface area contributed by atoms with Gasteiger partial charge in [0.25, 0.3) is 0 Å². The lowest BCUT2D eigenvalue weighted by Gasteiger charge is -2.20. The first-order valence-electron chi connectivity index (χ1n) is 8.93. The van der Waals surface area contributed by atoms with E-state index in [0.29, 0.717) is 11.4 Å². The van der Waals surface area contributed by atoms with Gasteiger partial charge >= 0.3 is 17.7 Å². The molecule has 28 heavy (non-hydrogen) atoms. The fourth-order valence-corrected chi connectivity index (χ4v) is 2.37. The standard InChI is InChI=1S/C18H22N6O4/c1-11(2)20-18(25)23(3)13-6-8-14(9-7-13)28-17-19-10-15(24(26)27)16(22-17)21-12-4-5-12/h6-12H,4-5H2,1-3H3,(H,20,25)(H,19,21,22). The van der Waals surface area contributed by atoms with E-state index in [9.17, 15) is 14.9 Å². The van der Waals surface area contributed by atoms with Crippen LogP contribution in [0.3, 0.4) is 0 Å². The van der Waals surface area contributed by atoms with Gasteiger partial charge in [0.1, 0.15) is 11.9 Å². The second kappa shape index (κ2) is 8.07. The lowest BCUT2D eigenvalue weighted by Crippen LogP contribution is -2.40. The molecule has 0 atom stereocenters. The van der Waals surface area contributed by atoms with Crippen LogP contribution in [0.4, 0.5) is 22.0 Å². The molecule has 1 aliphatic carbocycles. The number of carbonyl (C=O) groups excluding carboxylic acids is 1. The third-order valence-corrected chi connectivity index (χ3v) is 4.01. The van der Waals surface area contributed by atoms with Crippen molar-refractivity contribution in [3.05, 3.63) is 40.6 Å². The van der Waals surface area contributed by atoms with Gasteiger partial charge in [0.15, 0.2) is 0 Å². The summed E-state index contributed by atoms with van der Waals surface area (Å²) in [4.78, 5) is 32.2. The van der Waals surface area contributed by atoms with Gasteiger partial charge in [-0.15, -0.1) is 0 Å². The van der Waals surface area contributed by atoms with E-state index in [4.69, 9.17) is 4.74 Å². The first-order chi connectivity index (χ1) is 13.3. The summed E-state index contributed by atoms with van der Waals surface area (Å²) in [5, 5.41) is 17.0. The van der Waals surface area contributed by atoms with Crippen LogP contribution in [-0.4, -0.2) is 40.1 Å². The molecule has 0 spiro atoms. The van der Waals surface area contributed by atoms with Crippen LogP contribution in [0.5, 0.6) is 11.8 Å². The highest BCUT2D eigenvalue weighted by Crippen LogP contribution is 2.31. The topological polar surface area (TPSA) is 123 Å². The molecule has 1 heterocycles. The number of amides is 2. The molecule has 10 heteroatoms. The monoisotopic (exact) mass is 386 g/mol. The van der Waals surface area contributed by atoms with E-state index in [1.807, 2.05) is 13.8 Å². The number of nitrogens with zero attached hydrogens (tertiary/aromatic N) is 4. The normalized spacial score (nSPS) is 13.1. The Hall–Kier alpha value is -3.43. The molecule has 2 N–H and O–H groups in total. The molecule has 3 rings (SSSR count). The highest BCUT2D eigenvalue weighted by molar-refractivity contribution is 5.91. The quantitative estimate of drug-likeness (QED) is 0.553. The van der Waals surface area contributed by atoms with Gasteiger partial charge in [0, 0.05) is 24.8 Å². The number of aromatic nitrogens is 2. The highest BCUT2D eigenvalue weighted by atomic mass is 16.6. The fourth-order valence-electron chi connectivity index (χ4n) is 2.37. The number of rotatable bonds is 7. The number of ether oxygens (including phenoxy) is 1. The Morgan fingerprint density at radius 2 is 2.00 bits per heavy atom. The number of benzene rings is 1. The van der Waals surface area contributed by atoms with Crippen LogP contribution in [0, 0.1) is 10.1 Å². The van der Waals surface area contributed by atoms with Gasteiger partial charge in [-0.2, -0.15) is 9.97 Å². The predicted octanol–water partition coefficient (Wildman–Crippen LogP) is 3.31. The molecule has 1 fully saturated rings. The zero-order valence-corrected chi connectivity index (χ0v) is 15.9. The van der Waals surface area contributed by atoms with Gasteiger partial charge in [-0.25, -0.2) is 4.79 Å². The third-order valence-electron chi connectivity index (χ3n) is 4.01. The maximum atomic E-state index is 12.0. The molecular weight excluding hydrogens is 364 g/mol. The van der Waals surface area contributed by atoms with Gasteiger partial charge in [0.2, 0.25) is 5.82 Å². The minimum absolute atomic E-state index is 0.00686. The van der Waals surface area contributed by atoms with E-state index in [1.54, 1.807) is 31.3 Å². The lowest BCUT2D eigenvalue weighted by molar-refractivity contribution is -0.384. The summed E-state index contributed by atoms with van der Waals surface area (Å²) in [6.45, 7) is 3.78. The van der Waals surface area contributed by atoms with Crippen molar-refractivity contribution < 1.29 is 14.5 Å². The number of nitrogens with one attached hydrogen (secondary N) is 2. The summed E-state index contributed by atoms with van der Waals surface area (Å²) < 4.78 is 5.61. The van der Waals surface area contributed by atoms with Crippen LogP contribution in [0.25, 0.3) is 0 Å². The average molecular weight is 386 g/mol. The second-order valence-electron chi connectivity index (χ2n) is 6.82. The molecular formula is C18H22N6O4. The van der Waals surface area contributed by atoms with Crippen LogP contribution in [0.1, 0.15) is 26.7 Å². The molecule has 1 saturated carbocycles. The van der Waals surface area contributed by atoms with Crippen LogP contribution in [0.15, 0.2) is 30.5 Å². The predicted molar refractivity (Wildman–Crippen MR) is 104 cm³/mol. The summed E-state index contributed by atoms with van der Waals surface area (Å²) in [6.07, 6.45) is 3.04.